The maximum absolute atomic E-state index is 7.35. The lowest BCUT2D eigenvalue weighted by molar-refractivity contribution is 0.398. The van der Waals surface area contributed by atoms with Gasteiger partial charge >= 0.3 is 0 Å². The molecule has 5 heteroatoms. The summed E-state index contributed by atoms with van der Waals surface area (Å²) in [5.74, 6) is 0.275. The largest absolute Gasteiger partial charge is 0.479 e. The molecule has 0 aromatic carbocycles. The van der Waals surface area contributed by atoms with Crippen molar-refractivity contribution in [2.45, 2.75) is 0 Å². The fourth-order valence-corrected chi connectivity index (χ4v) is 1.02. The van der Waals surface area contributed by atoms with Gasteiger partial charge in [-0.2, -0.15) is 0 Å². The molecule has 0 unspecified atom stereocenters. The lowest BCUT2D eigenvalue weighted by Gasteiger charge is -1.92. The van der Waals surface area contributed by atoms with Gasteiger partial charge in [-0.3, -0.25) is 5.41 Å². The zero-order valence-corrected chi connectivity index (χ0v) is 7.06. The highest BCUT2D eigenvalue weighted by molar-refractivity contribution is 5.87. The molecule has 0 aliphatic carbocycles. The van der Waals surface area contributed by atoms with Crippen molar-refractivity contribution in [3.05, 3.63) is 30.2 Å². The van der Waals surface area contributed by atoms with Gasteiger partial charge in [-0.1, -0.05) is 6.07 Å². The molecular formula is C8H8N4O. The minimum atomic E-state index is -0.0244. The second-order valence-electron chi connectivity index (χ2n) is 2.47. The van der Waals surface area contributed by atoms with E-state index in [0.29, 0.717) is 11.5 Å². The number of methoxy groups -OCH3 is 1. The van der Waals surface area contributed by atoms with Gasteiger partial charge < -0.3 is 4.74 Å². The monoisotopic (exact) mass is 176 g/mol. The van der Waals surface area contributed by atoms with E-state index in [1.807, 2.05) is 18.2 Å². The second kappa shape index (κ2) is 2.85. The minimum Gasteiger partial charge on any atom is -0.479 e. The van der Waals surface area contributed by atoms with Crippen LogP contribution in [0.15, 0.2) is 24.4 Å². The predicted octanol–water partition coefficient (Wildman–Crippen LogP) is 0.701. The molecule has 0 amide bonds. The van der Waals surface area contributed by atoms with Crippen LogP contribution in [0, 0.1) is 5.41 Å². The number of ether oxygens (including phenoxy) is 1. The first-order chi connectivity index (χ1) is 6.31. The number of fused-ring (bicyclic) bond motifs is 1. The van der Waals surface area contributed by atoms with E-state index in [1.54, 1.807) is 10.7 Å². The Balaban J connectivity index is 2.56. The average Bonchev–Trinajstić information content (AvgIpc) is 2.59. The van der Waals surface area contributed by atoms with Crippen molar-refractivity contribution in [2.75, 3.05) is 7.11 Å². The molecule has 2 aromatic heterocycles. The molecule has 5 nitrogen and oxygen atoms in total. The Labute approximate surface area is 74.5 Å². The number of pyridine rings is 1. The summed E-state index contributed by atoms with van der Waals surface area (Å²) in [6.07, 6.45) is 1.77. The van der Waals surface area contributed by atoms with Crippen LogP contribution in [0.2, 0.25) is 0 Å². The molecule has 0 radical (unpaired) electrons. The van der Waals surface area contributed by atoms with Crippen LogP contribution >= 0.6 is 0 Å². The van der Waals surface area contributed by atoms with E-state index in [2.05, 4.69) is 10.1 Å². The predicted molar refractivity (Wildman–Crippen MR) is 46.8 cm³/mol. The summed E-state index contributed by atoms with van der Waals surface area (Å²) in [4.78, 5) is 4.09. The summed E-state index contributed by atoms with van der Waals surface area (Å²) < 4.78 is 6.31. The number of nitrogens with zero attached hydrogens (tertiary/aromatic N) is 3. The molecule has 2 rings (SSSR count). The first kappa shape index (κ1) is 7.72. The highest BCUT2D eigenvalue weighted by Gasteiger charge is 2.07. The molecule has 13 heavy (non-hydrogen) atoms. The molecule has 0 saturated heterocycles. The Hall–Kier alpha value is -1.91. The fraction of sp³-hybridized carbons (Fsp3) is 0.125. The third-order valence-corrected chi connectivity index (χ3v) is 1.65. The van der Waals surface area contributed by atoms with E-state index in [-0.39, 0.29) is 5.90 Å². The van der Waals surface area contributed by atoms with Gasteiger partial charge in [0.15, 0.2) is 5.65 Å². The molecule has 66 valence electrons. The summed E-state index contributed by atoms with van der Waals surface area (Å²) in [6, 6.07) is 5.53. The van der Waals surface area contributed by atoms with E-state index in [4.69, 9.17) is 10.1 Å². The normalized spacial score (nSPS) is 10.2. The second-order valence-corrected chi connectivity index (χ2v) is 2.47. The van der Waals surface area contributed by atoms with Crippen LogP contribution in [0.25, 0.3) is 5.65 Å². The molecule has 0 saturated carbocycles. The lowest BCUT2D eigenvalue weighted by Crippen LogP contribution is -2.03. The number of hydrogen-bond donors (Lipinski definition) is 1. The quantitative estimate of drug-likeness (QED) is 0.514. The van der Waals surface area contributed by atoms with Crippen molar-refractivity contribution in [3.63, 3.8) is 0 Å². The SMILES string of the molecule is COC(=N)c1nc2ccccn2n1. The van der Waals surface area contributed by atoms with Crippen molar-refractivity contribution < 1.29 is 4.74 Å². The molecule has 0 atom stereocenters. The van der Waals surface area contributed by atoms with E-state index >= 15 is 0 Å². The van der Waals surface area contributed by atoms with Gasteiger partial charge in [0.25, 0.3) is 5.90 Å². The third-order valence-electron chi connectivity index (χ3n) is 1.65. The summed E-state index contributed by atoms with van der Waals surface area (Å²) in [5, 5.41) is 11.4. The van der Waals surface area contributed by atoms with Gasteiger partial charge in [0.1, 0.15) is 0 Å². The molecule has 0 spiro atoms. The highest BCUT2D eigenvalue weighted by Crippen LogP contribution is 2.00. The molecule has 0 aliphatic heterocycles. The van der Waals surface area contributed by atoms with Crippen molar-refractivity contribution in [1.82, 2.24) is 14.6 Å². The summed E-state index contributed by atoms with van der Waals surface area (Å²) in [5.41, 5.74) is 0.708. The van der Waals surface area contributed by atoms with Crippen LogP contribution in [-0.4, -0.2) is 27.6 Å². The van der Waals surface area contributed by atoms with E-state index < -0.39 is 0 Å². The summed E-state index contributed by atoms with van der Waals surface area (Å²) >= 11 is 0. The summed E-state index contributed by atoms with van der Waals surface area (Å²) in [6.45, 7) is 0. The van der Waals surface area contributed by atoms with Crippen LogP contribution in [0.4, 0.5) is 0 Å². The molecule has 1 N–H and O–H groups in total. The maximum atomic E-state index is 7.35. The first-order valence-corrected chi connectivity index (χ1v) is 3.75. The number of hydrogen-bond acceptors (Lipinski definition) is 4. The van der Waals surface area contributed by atoms with Crippen LogP contribution in [-0.2, 0) is 4.74 Å². The smallest absolute Gasteiger partial charge is 0.253 e. The zero-order valence-electron chi connectivity index (χ0n) is 7.06. The Morgan fingerprint density at radius 2 is 2.38 bits per heavy atom. The fourth-order valence-electron chi connectivity index (χ4n) is 1.02. The third kappa shape index (κ3) is 1.24. The van der Waals surface area contributed by atoms with Gasteiger partial charge in [-0.15, -0.1) is 5.10 Å². The highest BCUT2D eigenvalue weighted by atomic mass is 16.5. The first-order valence-electron chi connectivity index (χ1n) is 3.75. The van der Waals surface area contributed by atoms with Crippen LogP contribution in [0.3, 0.4) is 0 Å². The van der Waals surface area contributed by atoms with Crippen LogP contribution in [0.5, 0.6) is 0 Å². The average molecular weight is 176 g/mol. The Kier molecular flexibility index (Phi) is 1.70. The van der Waals surface area contributed by atoms with E-state index in [9.17, 15) is 0 Å². The molecular weight excluding hydrogens is 168 g/mol. The van der Waals surface area contributed by atoms with Crippen LogP contribution < -0.4 is 0 Å². The van der Waals surface area contributed by atoms with E-state index in [1.165, 1.54) is 7.11 Å². The molecule has 0 bridgehead atoms. The van der Waals surface area contributed by atoms with Crippen molar-refractivity contribution in [1.29, 1.82) is 5.41 Å². The number of nitrogens with one attached hydrogen (secondary N) is 1. The lowest BCUT2D eigenvalue weighted by atomic mass is 10.5. The number of aromatic nitrogens is 3. The standard InChI is InChI=1S/C8H8N4O/c1-13-7(9)8-10-6-4-2-3-5-12(6)11-8/h2-5,9H,1H3. The molecule has 0 aliphatic rings. The molecule has 2 heterocycles. The zero-order chi connectivity index (χ0) is 9.26. The van der Waals surface area contributed by atoms with Crippen LogP contribution in [0.1, 0.15) is 5.82 Å². The van der Waals surface area contributed by atoms with Crippen molar-refractivity contribution in [2.24, 2.45) is 0 Å². The van der Waals surface area contributed by atoms with Gasteiger partial charge in [-0.05, 0) is 12.1 Å². The van der Waals surface area contributed by atoms with Crippen molar-refractivity contribution >= 4 is 11.5 Å². The van der Waals surface area contributed by atoms with E-state index in [0.717, 1.165) is 0 Å². The summed E-state index contributed by atoms with van der Waals surface area (Å²) in [7, 11) is 1.42. The number of rotatable bonds is 1. The Morgan fingerprint density at radius 1 is 1.54 bits per heavy atom. The Morgan fingerprint density at radius 3 is 3.08 bits per heavy atom. The van der Waals surface area contributed by atoms with Crippen molar-refractivity contribution in [3.8, 4) is 0 Å². The molecule has 2 aromatic rings. The van der Waals surface area contributed by atoms with Gasteiger partial charge in [-0.25, -0.2) is 9.50 Å². The topological polar surface area (TPSA) is 63.3 Å². The Bertz CT molecular complexity index is 415. The maximum Gasteiger partial charge on any atom is 0.253 e. The minimum absolute atomic E-state index is 0.0244. The molecule has 0 fully saturated rings. The van der Waals surface area contributed by atoms with Gasteiger partial charge in [0.05, 0.1) is 7.11 Å². The van der Waals surface area contributed by atoms with Gasteiger partial charge in [0.2, 0.25) is 5.82 Å². The van der Waals surface area contributed by atoms with Gasteiger partial charge in [0, 0.05) is 6.20 Å².